The Bertz CT molecular complexity index is 794. The third-order valence-corrected chi connectivity index (χ3v) is 4.88. The van der Waals surface area contributed by atoms with Crippen LogP contribution in [0.15, 0.2) is 34.5 Å². The fraction of sp³-hybridized carbons (Fsp3) is 0.450. The van der Waals surface area contributed by atoms with Gasteiger partial charge in [0.2, 0.25) is 0 Å². The molecule has 0 saturated carbocycles. The van der Waals surface area contributed by atoms with Crippen LogP contribution in [0.1, 0.15) is 18.9 Å². The molecule has 1 saturated heterocycles. The third-order valence-electron chi connectivity index (χ3n) is 4.57. The van der Waals surface area contributed by atoms with Crippen LogP contribution in [0.2, 0.25) is 0 Å². The second kappa shape index (κ2) is 9.47. The van der Waals surface area contributed by atoms with Crippen LogP contribution in [0.25, 0.3) is 0 Å². The average Bonchev–Trinajstić information content (AvgIpc) is 2.89. The van der Waals surface area contributed by atoms with E-state index in [1.807, 2.05) is 33.2 Å². The molecule has 27 heavy (non-hydrogen) atoms. The lowest BCUT2D eigenvalue weighted by molar-refractivity contribution is 0.369. The summed E-state index contributed by atoms with van der Waals surface area (Å²) in [7, 11) is 3.71. The molecule has 1 aliphatic heterocycles. The summed E-state index contributed by atoms with van der Waals surface area (Å²) in [6.07, 6.45) is 2.55. The minimum Gasteiger partial charge on any atom is -0.372 e. The molecule has 144 valence electrons. The maximum Gasteiger partial charge on any atom is 0.147 e. The maximum absolute atomic E-state index is 13.5. The summed E-state index contributed by atoms with van der Waals surface area (Å²) in [5, 5.41) is 9.56. The number of hydrogen-bond donors (Lipinski definition) is 0. The molecule has 7 heteroatoms. The zero-order valence-corrected chi connectivity index (χ0v) is 17.2. The molecule has 5 nitrogen and oxygen atoms in total. The van der Waals surface area contributed by atoms with E-state index in [4.69, 9.17) is 12.2 Å². The summed E-state index contributed by atoms with van der Waals surface area (Å²) in [5.41, 5.74) is 2.98. The predicted molar refractivity (Wildman–Crippen MR) is 113 cm³/mol. The van der Waals surface area contributed by atoms with Gasteiger partial charge in [0.25, 0.3) is 0 Å². The summed E-state index contributed by atoms with van der Waals surface area (Å²) in [5.74, 6) is -0.181. The molecule has 1 aliphatic rings. The number of hydrogen-bond acceptors (Lipinski definition) is 4. The highest BCUT2D eigenvalue weighted by atomic mass is 32.1. The Morgan fingerprint density at radius 1 is 1.30 bits per heavy atom. The minimum atomic E-state index is -0.181. The Hall–Kier alpha value is -2.46. The second-order valence-electron chi connectivity index (χ2n) is 6.85. The number of allylic oxidation sites excluding steroid dienone is 1. The molecule has 1 aromatic carbocycles. The fourth-order valence-corrected chi connectivity index (χ4v) is 3.25. The number of nitrogens with zero attached hydrogens (tertiary/aromatic N) is 5. The van der Waals surface area contributed by atoms with E-state index in [9.17, 15) is 9.65 Å². The van der Waals surface area contributed by atoms with E-state index in [1.165, 1.54) is 6.07 Å². The van der Waals surface area contributed by atoms with Crippen molar-refractivity contribution < 1.29 is 4.39 Å². The highest BCUT2D eigenvalue weighted by molar-refractivity contribution is 7.80. The highest BCUT2D eigenvalue weighted by Crippen LogP contribution is 2.22. The molecule has 1 heterocycles. The molecule has 0 aromatic heterocycles. The summed E-state index contributed by atoms with van der Waals surface area (Å²) < 4.78 is 13.5. The predicted octanol–water partition coefficient (Wildman–Crippen LogP) is 3.36. The Labute approximate surface area is 166 Å². The van der Waals surface area contributed by atoms with Crippen LogP contribution >= 0.6 is 12.2 Å². The zero-order chi connectivity index (χ0) is 20.0. The van der Waals surface area contributed by atoms with Crippen LogP contribution in [-0.4, -0.2) is 61.4 Å². The van der Waals surface area contributed by atoms with Crippen molar-refractivity contribution in [1.82, 2.24) is 9.80 Å². The zero-order valence-electron chi connectivity index (χ0n) is 16.4. The van der Waals surface area contributed by atoms with Gasteiger partial charge in [-0.2, -0.15) is 5.26 Å². The summed E-state index contributed by atoms with van der Waals surface area (Å²) in [6, 6.07) is 7.44. The molecule has 0 spiro atoms. The molecule has 0 atom stereocenters. The van der Waals surface area contributed by atoms with E-state index in [2.05, 4.69) is 20.9 Å². The van der Waals surface area contributed by atoms with Crippen LogP contribution in [-0.2, 0) is 0 Å². The van der Waals surface area contributed by atoms with Crippen LogP contribution in [0.5, 0.6) is 0 Å². The molecule has 0 amide bonds. The molecular formula is C20H26FN5S. The molecule has 0 radical (unpaired) electrons. The van der Waals surface area contributed by atoms with Crippen LogP contribution in [0.3, 0.4) is 0 Å². The van der Waals surface area contributed by atoms with Gasteiger partial charge in [0.15, 0.2) is 0 Å². The highest BCUT2D eigenvalue weighted by Gasteiger charge is 2.19. The van der Waals surface area contributed by atoms with Crippen molar-refractivity contribution in [3.8, 4) is 6.07 Å². The Morgan fingerprint density at radius 3 is 2.67 bits per heavy atom. The summed E-state index contributed by atoms with van der Waals surface area (Å²) in [4.78, 5) is 10.7. The van der Waals surface area contributed by atoms with Crippen molar-refractivity contribution in [3.63, 3.8) is 0 Å². The largest absolute Gasteiger partial charge is 0.372 e. The van der Waals surface area contributed by atoms with Gasteiger partial charge in [-0.05, 0) is 44.0 Å². The molecule has 0 aliphatic carbocycles. The lowest BCUT2D eigenvalue weighted by Crippen LogP contribution is -2.30. The fourth-order valence-electron chi connectivity index (χ4n) is 3.01. The van der Waals surface area contributed by atoms with E-state index < -0.39 is 0 Å². The van der Waals surface area contributed by atoms with Gasteiger partial charge in [0, 0.05) is 51.7 Å². The lowest BCUT2D eigenvalue weighted by Gasteiger charge is -2.26. The number of anilines is 1. The van der Waals surface area contributed by atoms with Gasteiger partial charge in [-0.1, -0.05) is 12.2 Å². The Morgan fingerprint density at radius 2 is 2.04 bits per heavy atom. The normalized spacial score (nSPS) is 16.0. The van der Waals surface area contributed by atoms with E-state index in [-0.39, 0.29) is 5.82 Å². The van der Waals surface area contributed by atoms with Crippen molar-refractivity contribution in [1.29, 1.82) is 5.26 Å². The Kier molecular flexibility index (Phi) is 7.31. The van der Waals surface area contributed by atoms with Crippen LogP contribution in [0, 0.1) is 24.1 Å². The van der Waals surface area contributed by atoms with E-state index in [0.717, 1.165) is 44.0 Å². The number of rotatable bonds is 4. The van der Waals surface area contributed by atoms with Gasteiger partial charge in [-0.25, -0.2) is 9.38 Å². The molecule has 0 N–H and O–H groups in total. The van der Waals surface area contributed by atoms with Crippen molar-refractivity contribution in [2.24, 2.45) is 4.99 Å². The lowest BCUT2D eigenvalue weighted by atomic mass is 10.2. The van der Waals surface area contributed by atoms with E-state index >= 15 is 0 Å². The topological polar surface area (TPSA) is 45.9 Å². The first kappa shape index (κ1) is 20.8. The van der Waals surface area contributed by atoms with Gasteiger partial charge in [0.1, 0.15) is 22.4 Å². The van der Waals surface area contributed by atoms with E-state index in [1.54, 1.807) is 18.2 Å². The smallest absolute Gasteiger partial charge is 0.147 e. The number of nitriles is 1. The number of thiocarbonyl (C=S) groups is 1. The second-order valence-corrected chi connectivity index (χ2v) is 7.23. The van der Waals surface area contributed by atoms with Crippen molar-refractivity contribution in [3.05, 3.63) is 40.8 Å². The van der Waals surface area contributed by atoms with Crippen molar-refractivity contribution >= 4 is 29.2 Å². The van der Waals surface area contributed by atoms with Crippen molar-refractivity contribution in [2.45, 2.75) is 20.3 Å². The molecule has 2 rings (SSSR count). The van der Waals surface area contributed by atoms with E-state index in [0.29, 0.717) is 16.1 Å². The number of halogens is 1. The number of benzene rings is 1. The summed E-state index contributed by atoms with van der Waals surface area (Å²) >= 11 is 5.32. The monoisotopic (exact) mass is 387 g/mol. The maximum atomic E-state index is 13.5. The van der Waals surface area contributed by atoms with Crippen LogP contribution in [0.4, 0.5) is 10.1 Å². The quantitative estimate of drug-likeness (QED) is 0.261. The first-order valence-electron chi connectivity index (χ1n) is 8.95. The first-order valence-corrected chi connectivity index (χ1v) is 9.36. The van der Waals surface area contributed by atoms with Gasteiger partial charge in [-0.15, -0.1) is 0 Å². The third kappa shape index (κ3) is 5.51. The Balaban J connectivity index is 2.14. The molecule has 0 unspecified atom stereocenters. The number of aryl methyl sites for hydroxylation is 1. The standard InChI is InChI=1S/C20H26FN5S/c1-15-12-17(6-7-19(15)21)26-9-5-8-25(10-11-26)16(2)18(13-22)20(27)23-14-24(3)4/h6-7,12,14H,5,8-11H2,1-4H3/b18-16-,23-14?. The van der Waals surface area contributed by atoms with Gasteiger partial charge in [-0.3, -0.25) is 0 Å². The molecule has 0 bridgehead atoms. The minimum absolute atomic E-state index is 0.181. The molecular weight excluding hydrogens is 361 g/mol. The average molecular weight is 388 g/mol. The molecule has 1 fully saturated rings. The van der Waals surface area contributed by atoms with Gasteiger partial charge in [0.05, 0.1) is 6.34 Å². The van der Waals surface area contributed by atoms with Crippen molar-refractivity contribution in [2.75, 3.05) is 45.2 Å². The molecule has 1 aromatic rings. The van der Waals surface area contributed by atoms with Gasteiger partial charge >= 0.3 is 0 Å². The van der Waals surface area contributed by atoms with Gasteiger partial charge < -0.3 is 14.7 Å². The number of aliphatic imine (C=N–C) groups is 1. The first-order chi connectivity index (χ1) is 12.8. The summed E-state index contributed by atoms with van der Waals surface area (Å²) in [6.45, 7) is 7.01. The SMILES string of the molecule is C/C(=C(\C#N)C(=S)N=CN(C)C)N1CCCN(c2ccc(F)c(C)c2)CC1. The van der Waals surface area contributed by atoms with Crippen LogP contribution < -0.4 is 4.90 Å².